The number of hydrogen-bond donors (Lipinski definition) is 0. The van der Waals surface area contributed by atoms with Gasteiger partial charge in [0.2, 0.25) is 0 Å². The molecule has 138 valence electrons. The van der Waals surface area contributed by atoms with Crippen LogP contribution in [0.5, 0.6) is 0 Å². The number of pyridine rings is 1. The van der Waals surface area contributed by atoms with Crippen LogP contribution in [0.15, 0.2) is 54.9 Å². The Morgan fingerprint density at radius 2 is 1.74 bits per heavy atom. The molecule has 0 spiro atoms. The quantitative estimate of drug-likeness (QED) is 0.697. The number of amides is 1. The SMILES string of the molecule is Cc1nc(-c2ccncc2)sc1C(=O)N1CCN(Cc2ccccc2)CC1. The molecule has 1 aliphatic rings. The summed E-state index contributed by atoms with van der Waals surface area (Å²) in [5, 5.41) is 0.876. The molecule has 4 rings (SSSR count). The minimum absolute atomic E-state index is 0.102. The number of benzene rings is 1. The summed E-state index contributed by atoms with van der Waals surface area (Å²) in [4.78, 5) is 26.7. The number of hydrogen-bond acceptors (Lipinski definition) is 5. The second kappa shape index (κ2) is 7.98. The first-order valence-electron chi connectivity index (χ1n) is 9.14. The van der Waals surface area contributed by atoms with Crippen LogP contribution in [0.3, 0.4) is 0 Å². The summed E-state index contributed by atoms with van der Waals surface area (Å²) in [5.74, 6) is 0.102. The van der Waals surface area contributed by atoms with Gasteiger partial charge in [-0.2, -0.15) is 0 Å². The lowest BCUT2D eigenvalue weighted by molar-refractivity contribution is 0.0632. The monoisotopic (exact) mass is 378 g/mol. The van der Waals surface area contributed by atoms with E-state index in [-0.39, 0.29) is 5.91 Å². The molecule has 3 heterocycles. The minimum Gasteiger partial charge on any atom is -0.335 e. The Bertz CT molecular complexity index is 902. The van der Waals surface area contributed by atoms with Crippen LogP contribution in [0.25, 0.3) is 10.6 Å². The van der Waals surface area contributed by atoms with Crippen LogP contribution in [0, 0.1) is 6.92 Å². The first-order chi connectivity index (χ1) is 13.2. The lowest BCUT2D eigenvalue weighted by Gasteiger charge is -2.34. The van der Waals surface area contributed by atoms with E-state index >= 15 is 0 Å². The van der Waals surface area contributed by atoms with E-state index in [1.807, 2.05) is 30.0 Å². The maximum Gasteiger partial charge on any atom is 0.265 e. The molecule has 1 aromatic carbocycles. The van der Waals surface area contributed by atoms with Crippen LogP contribution >= 0.6 is 11.3 Å². The lowest BCUT2D eigenvalue weighted by atomic mass is 10.2. The average Bonchev–Trinajstić information content (AvgIpc) is 3.11. The number of rotatable bonds is 4. The first-order valence-corrected chi connectivity index (χ1v) is 9.96. The highest BCUT2D eigenvalue weighted by Crippen LogP contribution is 2.28. The maximum atomic E-state index is 13.0. The summed E-state index contributed by atoms with van der Waals surface area (Å²) in [6.45, 7) is 6.17. The molecule has 5 nitrogen and oxygen atoms in total. The molecule has 0 N–H and O–H groups in total. The van der Waals surface area contributed by atoms with Gasteiger partial charge in [0.1, 0.15) is 9.88 Å². The predicted octanol–water partition coefficient (Wildman–Crippen LogP) is 3.47. The largest absolute Gasteiger partial charge is 0.335 e. The van der Waals surface area contributed by atoms with E-state index in [9.17, 15) is 4.79 Å². The average molecular weight is 379 g/mol. The minimum atomic E-state index is 0.102. The van der Waals surface area contributed by atoms with E-state index in [1.165, 1.54) is 16.9 Å². The van der Waals surface area contributed by atoms with Crippen molar-refractivity contribution >= 4 is 17.2 Å². The fraction of sp³-hybridized carbons (Fsp3) is 0.286. The van der Waals surface area contributed by atoms with E-state index in [0.29, 0.717) is 0 Å². The number of carbonyl (C=O) groups is 1. The second-order valence-electron chi connectivity index (χ2n) is 6.72. The van der Waals surface area contributed by atoms with Gasteiger partial charge in [-0.05, 0) is 24.6 Å². The van der Waals surface area contributed by atoms with E-state index in [4.69, 9.17) is 0 Å². The van der Waals surface area contributed by atoms with Gasteiger partial charge < -0.3 is 4.90 Å². The summed E-state index contributed by atoms with van der Waals surface area (Å²) in [6.07, 6.45) is 3.50. The van der Waals surface area contributed by atoms with Crippen LogP contribution < -0.4 is 0 Å². The number of carbonyl (C=O) groups excluding carboxylic acids is 1. The van der Waals surface area contributed by atoms with E-state index < -0.39 is 0 Å². The molecule has 2 aromatic heterocycles. The van der Waals surface area contributed by atoms with Crippen molar-refractivity contribution in [2.75, 3.05) is 26.2 Å². The molecule has 27 heavy (non-hydrogen) atoms. The number of aromatic nitrogens is 2. The van der Waals surface area contributed by atoms with Crippen molar-refractivity contribution < 1.29 is 4.79 Å². The molecule has 1 fully saturated rings. The highest BCUT2D eigenvalue weighted by molar-refractivity contribution is 7.17. The van der Waals surface area contributed by atoms with Gasteiger partial charge in [0.25, 0.3) is 5.91 Å². The van der Waals surface area contributed by atoms with Crippen molar-refractivity contribution in [3.63, 3.8) is 0 Å². The number of piperazine rings is 1. The fourth-order valence-electron chi connectivity index (χ4n) is 3.31. The van der Waals surface area contributed by atoms with Gasteiger partial charge in [-0.1, -0.05) is 30.3 Å². The molecule has 1 aliphatic heterocycles. The van der Waals surface area contributed by atoms with Gasteiger partial charge >= 0.3 is 0 Å². The Morgan fingerprint density at radius 1 is 1.04 bits per heavy atom. The maximum absolute atomic E-state index is 13.0. The normalized spacial score (nSPS) is 15.1. The van der Waals surface area contributed by atoms with Crippen molar-refractivity contribution in [1.29, 1.82) is 0 Å². The van der Waals surface area contributed by atoms with E-state index in [0.717, 1.165) is 53.9 Å². The fourth-order valence-corrected chi connectivity index (χ4v) is 4.35. The van der Waals surface area contributed by atoms with Crippen molar-refractivity contribution in [1.82, 2.24) is 19.8 Å². The van der Waals surface area contributed by atoms with E-state index in [1.54, 1.807) is 12.4 Å². The Balaban J connectivity index is 1.40. The molecule has 0 aliphatic carbocycles. The van der Waals surface area contributed by atoms with Crippen molar-refractivity contribution in [2.24, 2.45) is 0 Å². The molecular formula is C21H22N4OS. The van der Waals surface area contributed by atoms with Gasteiger partial charge in [-0.15, -0.1) is 11.3 Å². The second-order valence-corrected chi connectivity index (χ2v) is 7.72. The van der Waals surface area contributed by atoms with Crippen LogP contribution in [0.4, 0.5) is 0 Å². The van der Waals surface area contributed by atoms with Gasteiger partial charge in [0, 0.05) is 50.7 Å². The Labute approximate surface area is 163 Å². The van der Waals surface area contributed by atoms with Crippen molar-refractivity contribution in [2.45, 2.75) is 13.5 Å². The van der Waals surface area contributed by atoms with Crippen LogP contribution in [0.1, 0.15) is 20.9 Å². The third kappa shape index (κ3) is 4.07. The molecule has 0 atom stereocenters. The third-order valence-corrected chi connectivity index (χ3v) is 6.02. The van der Waals surface area contributed by atoms with Gasteiger partial charge in [0.15, 0.2) is 0 Å². The standard InChI is InChI=1S/C21H22N4OS/c1-16-19(27-20(23-16)18-7-9-22-10-8-18)21(26)25-13-11-24(12-14-25)15-17-5-3-2-4-6-17/h2-10H,11-15H2,1H3. The topological polar surface area (TPSA) is 49.3 Å². The molecule has 1 saturated heterocycles. The highest BCUT2D eigenvalue weighted by Gasteiger charge is 2.25. The lowest BCUT2D eigenvalue weighted by Crippen LogP contribution is -2.48. The van der Waals surface area contributed by atoms with Crippen LogP contribution in [-0.2, 0) is 6.54 Å². The summed E-state index contributed by atoms with van der Waals surface area (Å²) in [5.41, 5.74) is 3.13. The van der Waals surface area contributed by atoms with Crippen molar-refractivity contribution in [3.05, 3.63) is 71.0 Å². The number of nitrogens with zero attached hydrogens (tertiary/aromatic N) is 4. The molecule has 0 bridgehead atoms. The van der Waals surface area contributed by atoms with Crippen molar-refractivity contribution in [3.8, 4) is 10.6 Å². The molecule has 3 aromatic rings. The number of aryl methyl sites for hydroxylation is 1. The predicted molar refractivity (Wildman–Crippen MR) is 108 cm³/mol. The first kappa shape index (κ1) is 17.8. The molecule has 6 heteroatoms. The summed E-state index contributed by atoms with van der Waals surface area (Å²) < 4.78 is 0. The Kier molecular flexibility index (Phi) is 5.27. The zero-order valence-electron chi connectivity index (χ0n) is 15.3. The van der Waals surface area contributed by atoms with E-state index in [2.05, 4.69) is 39.1 Å². The zero-order chi connectivity index (χ0) is 18.6. The Morgan fingerprint density at radius 3 is 2.44 bits per heavy atom. The highest BCUT2D eigenvalue weighted by atomic mass is 32.1. The third-order valence-electron chi connectivity index (χ3n) is 4.83. The molecule has 0 saturated carbocycles. The molecule has 0 radical (unpaired) electrons. The summed E-state index contributed by atoms with van der Waals surface area (Å²) in [7, 11) is 0. The zero-order valence-corrected chi connectivity index (χ0v) is 16.2. The summed E-state index contributed by atoms with van der Waals surface area (Å²) >= 11 is 1.47. The number of thiazole rings is 1. The van der Waals surface area contributed by atoms with Crippen LogP contribution in [0.2, 0.25) is 0 Å². The molecular weight excluding hydrogens is 356 g/mol. The Hall–Kier alpha value is -2.57. The van der Waals surface area contributed by atoms with Crippen LogP contribution in [-0.4, -0.2) is 51.9 Å². The molecule has 0 unspecified atom stereocenters. The summed E-state index contributed by atoms with van der Waals surface area (Å²) in [6, 6.07) is 14.3. The van der Waals surface area contributed by atoms with Gasteiger partial charge in [0.05, 0.1) is 5.69 Å². The van der Waals surface area contributed by atoms with Gasteiger partial charge in [-0.3, -0.25) is 14.7 Å². The molecule has 1 amide bonds. The van der Waals surface area contributed by atoms with Gasteiger partial charge in [-0.25, -0.2) is 4.98 Å². The smallest absolute Gasteiger partial charge is 0.265 e.